The van der Waals surface area contributed by atoms with Crippen LogP contribution in [-0.2, 0) is 6.42 Å². The molecule has 0 spiro atoms. The van der Waals surface area contributed by atoms with Gasteiger partial charge in [-0.3, -0.25) is 0 Å². The van der Waals surface area contributed by atoms with Crippen LogP contribution in [0.2, 0.25) is 0 Å². The van der Waals surface area contributed by atoms with E-state index in [1.54, 1.807) is 6.07 Å². The fourth-order valence-corrected chi connectivity index (χ4v) is 2.75. The van der Waals surface area contributed by atoms with Gasteiger partial charge in [-0.2, -0.15) is 0 Å². The van der Waals surface area contributed by atoms with Crippen molar-refractivity contribution < 1.29 is 13.9 Å². The number of ether oxygens (including phenoxy) is 2. The van der Waals surface area contributed by atoms with Crippen molar-refractivity contribution in [3.63, 3.8) is 0 Å². The van der Waals surface area contributed by atoms with E-state index >= 15 is 0 Å². The molecule has 0 aromatic heterocycles. The predicted octanol–water partition coefficient (Wildman–Crippen LogP) is 4.30. The molecule has 4 heteroatoms. The van der Waals surface area contributed by atoms with Crippen LogP contribution in [0.1, 0.15) is 37.8 Å². The van der Waals surface area contributed by atoms with Gasteiger partial charge in [-0.15, -0.1) is 0 Å². The van der Waals surface area contributed by atoms with Crippen LogP contribution in [0.3, 0.4) is 0 Å². The van der Waals surface area contributed by atoms with E-state index in [9.17, 15) is 4.39 Å². The molecule has 0 radical (unpaired) electrons. The lowest BCUT2D eigenvalue weighted by atomic mass is 9.91. The van der Waals surface area contributed by atoms with Gasteiger partial charge >= 0.3 is 0 Å². The number of benzene rings is 2. The van der Waals surface area contributed by atoms with Crippen molar-refractivity contribution in [2.45, 2.75) is 39.2 Å². The summed E-state index contributed by atoms with van der Waals surface area (Å²) < 4.78 is 25.1. The lowest BCUT2D eigenvalue weighted by molar-refractivity contribution is 0.242. The Morgan fingerprint density at radius 1 is 1.12 bits per heavy atom. The highest BCUT2D eigenvalue weighted by Gasteiger charge is 2.17. The first-order valence-corrected chi connectivity index (χ1v) is 8.41. The molecule has 24 heavy (non-hydrogen) atoms. The van der Waals surface area contributed by atoms with E-state index in [1.807, 2.05) is 45.0 Å². The SMILES string of the molecule is CCOc1ccc(F)cc1C(CN)Cc1cccc(OC(C)C)c1. The Bertz CT molecular complexity index is 658. The maximum atomic E-state index is 13.7. The molecule has 1 atom stereocenters. The molecule has 2 aromatic carbocycles. The third kappa shape index (κ3) is 4.96. The van der Waals surface area contributed by atoms with Crippen molar-refractivity contribution in [1.82, 2.24) is 0 Å². The maximum absolute atomic E-state index is 13.7. The molecule has 0 saturated carbocycles. The average Bonchev–Trinajstić information content (AvgIpc) is 2.54. The van der Waals surface area contributed by atoms with Crippen LogP contribution in [0.15, 0.2) is 42.5 Å². The molecule has 0 aliphatic carbocycles. The Balaban J connectivity index is 2.25. The molecule has 0 aliphatic heterocycles. The van der Waals surface area contributed by atoms with Crippen LogP contribution in [0, 0.1) is 5.82 Å². The van der Waals surface area contributed by atoms with Gasteiger partial charge in [-0.1, -0.05) is 12.1 Å². The van der Waals surface area contributed by atoms with Gasteiger partial charge in [0.15, 0.2) is 0 Å². The fourth-order valence-electron chi connectivity index (χ4n) is 2.75. The summed E-state index contributed by atoms with van der Waals surface area (Å²) in [4.78, 5) is 0. The summed E-state index contributed by atoms with van der Waals surface area (Å²) in [7, 11) is 0. The molecule has 0 saturated heterocycles. The molecule has 0 amide bonds. The maximum Gasteiger partial charge on any atom is 0.123 e. The first-order valence-electron chi connectivity index (χ1n) is 8.41. The molecular formula is C20H26FNO2. The average molecular weight is 331 g/mol. The molecule has 2 rings (SSSR count). The first-order chi connectivity index (χ1) is 11.5. The van der Waals surface area contributed by atoms with Crippen LogP contribution < -0.4 is 15.2 Å². The van der Waals surface area contributed by atoms with E-state index in [0.717, 1.165) is 16.9 Å². The number of hydrogen-bond donors (Lipinski definition) is 1. The largest absolute Gasteiger partial charge is 0.494 e. The van der Waals surface area contributed by atoms with E-state index < -0.39 is 0 Å². The van der Waals surface area contributed by atoms with Gasteiger partial charge in [-0.25, -0.2) is 4.39 Å². The van der Waals surface area contributed by atoms with Gasteiger partial charge in [0.2, 0.25) is 0 Å². The Hall–Kier alpha value is -2.07. The molecule has 2 aromatic rings. The number of halogens is 1. The highest BCUT2D eigenvalue weighted by Crippen LogP contribution is 2.30. The van der Waals surface area contributed by atoms with E-state index in [-0.39, 0.29) is 17.8 Å². The van der Waals surface area contributed by atoms with E-state index in [0.29, 0.717) is 25.3 Å². The van der Waals surface area contributed by atoms with Gasteiger partial charge < -0.3 is 15.2 Å². The second-order valence-electron chi connectivity index (χ2n) is 6.07. The molecule has 2 N–H and O–H groups in total. The molecular weight excluding hydrogens is 305 g/mol. The van der Waals surface area contributed by atoms with Crippen LogP contribution in [0.5, 0.6) is 11.5 Å². The lowest BCUT2D eigenvalue weighted by Gasteiger charge is -2.20. The van der Waals surface area contributed by atoms with Crippen molar-refractivity contribution in [1.29, 1.82) is 0 Å². The van der Waals surface area contributed by atoms with Crippen molar-refractivity contribution in [2.24, 2.45) is 5.73 Å². The monoisotopic (exact) mass is 331 g/mol. The van der Waals surface area contributed by atoms with Gasteiger partial charge in [0.1, 0.15) is 17.3 Å². The first kappa shape index (κ1) is 18.3. The van der Waals surface area contributed by atoms with Crippen molar-refractivity contribution in [3.05, 3.63) is 59.4 Å². The minimum absolute atomic E-state index is 0.0171. The van der Waals surface area contributed by atoms with Crippen molar-refractivity contribution >= 4 is 0 Å². The van der Waals surface area contributed by atoms with Crippen LogP contribution in [-0.4, -0.2) is 19.3 Å². The predicted molar refractivity (Wildman–Crippen MR) is 95.3 cm³/mol. The minimum atomic E-state index is -0.274. The third-order valence-corrected chi connectivity index (χ3v) is 3.75. The zero-order chi connectivity index (χ0) is 17.5. The minimum Gasteiger partial charge on any atom is -0.494 e. The normalized spacial score (nSPS) is 12.2. The Kier molecular flexibility index (Phi) is 6.62. The smallest absolute Gasteiger partial charge is 0.123 e. The molecule has 0 heterocycles. The summed E-state index contributed by atoms with van der Waals surface area (Å²) in [6, 6.07) is 12.6. The molecule has 3 nitrogen and oxygen atoms in total. The third-order valence-electron chi connectivity index (χ3n) is 3.75. The van der Waals surface area contributed by atoms with E-state index in [1.165, 1.54) is 12.1 Å². The standard InChI is InChI=1S/C20H26FNO2/c1-4-23-20-9-8-17(21)12-19(20)16(13-22)10-15-6-5-7-18(11-15)24-14(2)3/h5-9,11-12,14,16H,4,10,13,22H2,1-3H3. The second kappa shape index (κ2) is 8.69. The van der Waals surface area contributed by atoms with Gasteiger partial charge in [0.25, 0.3) is 0 Å². The summed E-state index contributed by atoms with van der Waals surface area (Å²) in [5.41, 5.74) is 7.90. The van der Waals surface area contributed by atoms with E-state index in [2.05, 4.69) is 0 Å². The number of nitrogens with two attached hydrogens (primary N) is 1. The molecule has 1 unspecified atom stereocenters. The molecule has 0 aliphatic rings. The topological polar surface area (TPSA) is 44.5 Å². The summed E-state index contributed by atoms with van der Waals surface area (Å²) in [6.45, 7) is 6.86. The zero-order valence-corrected chi connectivity index (χ0v) is 14.6. The Morgan fingerprint density at radius 3 is 2.58 bits per heavy atom. The summed E-state index contributed by atoms with van der Waals surface area (Å²) in [5, 5.41) is 0. The highest BCUT2D eigenvalue weighted by molar-refractivity contribution is 5.39. The fraction of sp³-hybridized carbons (Fsp3) is 0.400. The van der Waals surface area contributed by atoms with Crippen molar-refractivity contribution in [3.8, 4) is 11.5 Å². The highest BCUT2D eigenvalue weighted by atomic mass is 19.1. The molecule has 0 bridgehead atoms. The van der Waals surface area contributed by atoms with Crippen LogP contribution in [0.4, 0.5) is 4.39 Å². The summed E-state index contributed by atoms with van der Waals surface area (Å²) >= 11 is 0. The summed E-state index contributed by atoms with van der Waals surface area (Å²) in [5.74, 6) is 1.24. The quantitative estimate of drug-likeness (QED) is 0.784. The van der Waals surface area contributed by atoms with Gasteiger partial charge in [0, 0.05) is 11.5 Å². The second-order valence-corrected chi connectivity index (χ2v) is 6.07. The van der Waals surface area contributed by atoms with Gasteiger partial charge in [-0.05, 0) is 69.6 Å². The molecule has 130 valence electrons. The van der Waals surface area contributed by atoms with E-state index in [4.69, 9.17) is 15.2 Å². The molecule has 0 fully saturated rings. The van der Waals surface area contributed by atoms with Crippen molar-refractivity contribution in [2.75, 3.05) is 13.2 Å². The summed E-state index contributed by atoms with van der Waals surface area (Å²) in [6.07, 6.45) is 0.827. The Labute approximate surface area is 143 Å². The number of rotatable bonds is 8. The van der Waals surface area contributed by atoms with Crippen LogP contribution in [0.25, 0.3) is 0 Å². The van der Waals surface area contributed by atoms with Gasteiger partial charge in [0.05, 0.1) is 12.7 Å². The number of hydrogen-bond acceptors (Lipinski definition) is 3. The lowest BCUT2D eigenvalue weighted by Crippen LogP contribution is -2.16. The van der Waals surface area contributed by atoms with Crippen LogP contribution >= 0.6 is 0 Å². The zero-order valence-electron chi connectivity index (χ0n) is 14.6. The Morgan fingerprint density at radius 2 is 1.92 bits per heavy atom.